The summed E-state index contributed by atoms with van der Waals surface area (Å²) in [4.78, 5) is 0. The summed E-state index contributed by atoms with van der Waals surface area (Å²) in [6.45, 7) is 6.73. The Morgan fingerprint density at radius 3 is 2.33 bits per heavy atom. The zero-order valence-electron chi connectivity index (χ0n) is 8.64. The van der Waals surface area contributed by atoms with Gasteiger partial charge in [0.25, 0.3) is 0 Å². The second kappa shape index (κ2) is 5.55. The topological polar surface area (TPSA) is 46.2 Å². The van der Waals surface area contributed by atoms with Gasteiger partial charge in [-0.15, -0.1) is 0 Å². The molecule has 0 rings (SSSR count). The fourth-order valence-corrected chi connectivity index (χ4v) is 1.62. The molecule has 0 aromatic carbocycles. The fourth-order valence-electron chi connectivity index (χ4n) is 1.62. The van der Waals surface area contributed by atoms with Crippen molar-refractivity contribution >= 4 is 0 Å². The fraction of sp³-hybridized carbons (Fsp3) is 1.00. The van der Waals surface area contributed by atoms with Gasteiger partial charge in [-0.1, -0.05) is 33.6 Å². The van der Waals surface area contributed by atoms with Gasteiger partial charge in [0.1, 0.15) is 0 Å². The molecule has 0 aliphatic heterocycles. The summed E-state index contributed by atoms with van der Waals surface area (Å²) in [6, 6.07) is 0. The summed E-state index contributed by atoms with van der Waals surface area (Å²) in [5.74, 6) is 0.587. The van der Waals surface area contributed by atoms with Crippen LogP contribution in [0, 0.1) is 5.92 Å². The first-order valence-electron chi connectivity index (χ1n) is 5.00. The van der Waals surface area contributed by atoms with Gasteiger partial charge >= 0.3 is 0 Å². The van der Waals surface area contributed by atoms with Crippen molar-refractivity contribution in [1.29, 1.82) is 0 Å². The van der Waals surface area contributed by atoms with Crippen LogP contribution in [0.5, 0.6) is 0 Å². The number of nitrogens with two attached hydrogens (primary N) is 1. The molecule has 0 saturated heterocycles. The summed E-state index contributed by atoms with van der Waals surface area (Å²) < 4.78 is 0. The second-order valence-electron chi connectivity index (χ2n) is 3.88. The molecule has 0 aliphatic rings. The van der Waals surface area contributed by atoms with E-state index < -0.39 is 5.60 Å². The van der Waals surface area contributed by atoms with Gasteiger partial charge < -0.3 is 10.8 Å². The maximum Gasteiger partial charge on any atom is 0.0769 e. The largest absolute Gasteiger partial charge is 0.389 e. The minimum atomic E-state index is -0.616. The Kier molecular flexibility index (Phi) is 5.51. The Balaban J connectivity index is 3.84. The van der Waals surface area contributed by atoms with Crippen LogP contribution in [0.1, 0.15) is 46.5 Å². The number of hydrogen-bond acceptors (Lipinski definition) is 2. The van der Waals surface area contributed by atoms with Crippen molar-refractivity contribution in [3.05, 3.63) is 0 Å². The molecule has 0 saturated carbocycles. The molecule has 3 N–H and O–H groups in total. The van der Waals surface area contributed by atoms with Crippen LogP contribution in [0.15, 0.2) is 0 Å². The monoisotopic (exact) mass is 173 g/mol. The van der Waals surface area contributed by atoms with Crippen molar-refractivity contribution in [3.8, 4) is 0 Å². The van der Waals surface area contributed by atoms with Crippen molar-refractivity contribution in [2.24, 2.45) is 11.7 Å². The van der Waals surface area contributed by atoms with E-state index in [-0.39, 0.29) is 0 Å². The SMILES string of the molecule is CCCC(C)CC(O)(CC)CN. The first-order chi connectivity index (χ1) is 5.58. The van der Waals surface area contributed by atoms with Crippen molar-refractivity contribution in [2.45, 2.75) is 52.1 Å². The minimum absolute atomic E-state index is 0.386. The lowest BCUT2D eigenvalue weighted by Gasteiger charge is -2.28. The molecule has 0 spiro atoms. The predicted octanol–water partition coefficient (Wildman–Crippen LogP) is 1.91. The molecule has 74 valence electrons. The summed E-state index contributed by atoms with van der Waals surface area (Å²) in [7, 11) is 0. The summed E-state index contributed by atoms with van der Waals surface area (Å²) in [5.41, 5.74) is 4.90. The summed E-state index contributed by atoms with van der Waals surface area (Å²) in [5, 5.41) is 9.90. The van der Waals surface area contributed by atoms with Gasteiger partial charge in [-0.2, -0.15) is 0 Å². The average Bonchev–Trinajstić information content (AvgIpc) is 2.05. The maximum atomic E-state index is 9.90. The molecule has 12 heavy (non-hydrogen) atoms. The lowest BCUT2D eigenvalue weighted by Crippen LogP contribution is -2.38. The van der Waals surface area contributed by atoms with E-state index in [1.54, 1.807) is 0 Å². The molecule has 0 heterocycles. The Morgan fingerprint density at radius 1 is 1.42 bits per heavy atom. The third kappa shape index (κ3) is 4.07. The quantitative estimate of drug-likeness (QED) is 0.644. The molecule has 0 amide bonds. The molecular weight excluding hydrogens is 150 g/mol. The zero-order valence-corrected chi connectivity index (χ0v) is 8.64. The first kappa shape index (κ1) is 11.9. The van der Waals surface area contributed by atoms with E-state index in [9.17, 15) is 5.11 Å². The van der Waals surface area contributed by atoms with E-state index in [0.29, 0.717) is 12.5 Å². The number of hydrogen-bond donors (Lipinski definition) is 2. The molecule has 2 atom stereocenters. The van der Waals surface area contributed by atoms with Crippen LogP contribution in [0.3, 0.4) is 0 Å². The second-order valence-corrected chi connectivity index (χ2v) is 3.88. The zero-order chi connectivity index (χ0) is 9.61. The summed E-state index contributed by atoms with van der Waals surface area (Å²) in [6.07, 6.45) is 3.97. The highest BCUT2D eigenvalue weighted by Gasteiger charge is 2.24. The van der Waals surface area contributed by atoms with E-state index in [4.69, 9.17) is 5.73 Å². The van der Waals surface area contributed by atoms with Crippen molar-refractivity contribution < 1.29 is 5.11 Å². The van der Waals surface area contributed by atoms with Crippen LogP contribution in [0.4, 0.5) is 0 Å². The van der Waals surface area contributed by atoms with Gasteiger partial charge in [-0.05, 0) is 18.8 Å². The molecule has 0 bridgehead atoms. The van der Waals surface area contributed by atoms with E-state index in [1.165, 1.54) is 12.8 Å². The van der Waals surface area contributed by atoms with Crippen LogP contribution in [0.2, 0.25) is 0 Å². The van der Waals surface area contributed by atoms with Crippen LogP contribution in [-0.4, -0.2) is 17.3 Å². The molecule has 2 nitrogen and oxygen atoms in total. The smallest absolute Gasteiger partial charge is 0.0769 e. The Labute approximate surface area is 76.2 Å². The number of rotatable bonds is 6. The molecule has 0 aromatic rings. The van der Waals surface area contributed by atoms with Crippen LogP contribution < -0.4 is 5.73 Å². The standard InChI is InChI=1S/C10H23NO/c1-4-6-9(3)7-10(12,5-2)8-11/h9,12H,4-8,11H2,1-3H3. The van der Waals surface area contributed by atoms with E-state index in [2.05, 4.69) is 13.8 Å². The van der Waals surface area contributed by atoms with Gasteiger partial charge in [-0.25, -0.2) is 0 Å². The van der Waals surface area contributed by atoms with Crippen molar-refractivity contribution in [1.82, 2.24) is 0 Å². The van der Waals surface area contributed by atoms with E-state index in [0.717, 1.165) is 12.8 Å². The highest BCUT2D eigenvalue weighted by molar-refractivity contribution is 4.79. The molecular formula is C10H23NO. The van der Waals surface area contributed by atoms with Gasteiger partial charge in [0.2, 0.25) is 0 Å². The van der Waals surface area contributed by atoms with Gasteiger partial charge in [0.05, 0.1) is 5.60 Å². The summed E-state index contributed by atoms with van der Waals surface area (Å²) >= 11 is 0. The predicted molar refractivity (Wildman–Crippen MR) is 53.0 cm³/mol. The highest BCUT2D eigenvalue weighted by atomic mass is 16.3. The molecule has 0 radical (unpaired) electrons. The maximum absolute atomic E-state index is 9.90. The van der Waals surface area contributed by atoms with Crippen LogP contribution in [-0.2, 0) is 0 Å². The Bertz CT molecular complexity index is 110. The van der Waals surface area contributed by atoms with Crippen LogP contribution >= 0.6 is 0 Å². The molecule has 0 fully saturated rings. The molecule has 2 unspecified atom stereocenters. The van der Waals surface area contributed by atoms with Crippen molar-refractivity contribution in [2.75, 3.05) is 6.54 Å². The minimum Gasteiger partial charge on any atom is -0.389 e. The highest BCUT2D eigenvalue weighted by Crippen LogP contribution is 2.22. The van der Waals surface area contributed by atoms with Crippen LogP contribution in [0.25, 0.3) is 0 Å². The Morgan fingerprint density at radius 2 is 2.00 bits per heavy atom. The lowest BCUT2D eigenvalue weighted by molar-refractivity contribution is 0.0212. The normalized spacial score (nSPS) is 18.8. The molecule has 2 heteroatoms. The van der Waals surface area contributed by atoms with Gasteiger partial charge in [0.15, 0.2) is 0 Å². The molecule has 0 aromatic heterocycles. The van der Waals surface area contributed by atoms with Gasteiger partial charge in [-0.3, -0.25) is 0 Å². The third-order valence-corrected chi connectivity index (χ3v) is 2.55. The Hall–Kier alpha value is -0.0800. The average molecular weight is 173 g/mol. The first-order valence-corrected chi connectivity index (χ1v) is 5.00. The molecule has 0 aliphatic carbocycles. The van der Waals surface area contributed by atoms with Crippen molar-refractivity contribution in [3.63, 3.8) is 0 Å². The van der Waals surface area contributed by atoms with Gasteiger partial charge in [0, 0.05) is 6.54 Å². The lowest BCUT2D eigenvalue weighted by atomic mass is 9.87. The number of aliphatic hydroxyl groups is 1. The third-order valence-electron chi connectivity index (χ3n) is 2.55. The van der Waals surface area contributed by atoms with E-state index >= 15 is 0 Å². The van der Waals surface area contributed by atoms with E-state index in [1.807, 2.05) is 6.92 Å².